The third kappa shape index (κ3) is 3.55. The normalized spacial score (nSPS) is 15.7. The predicted octanol–water partition coefficient (Wildman–Crippen LogP) is 4.32. The Morgan fingerprint density at radius 2 is 2.05 bits per heavy atom. The molecule has 0 radical (unpaired) electrons. The van der Waals surface area contributed by atoms with Gasteiger partial charge in [0.2, 0.25) is 5.91 Å². The maximum atomic E-state index is 12.3. The third-order valence-electron chi connectivity index (χ3n) is 4.30. The van der Waals surface area contributed by atoms with Crippen molar-refractivity contribution in [1.82, 2.24) is 10.3 Å². The lowest BCUT2D eigenvalue weighted by atomic mass is 9.88. The molecule has 1 aromatic carbocycles. The van der Waals surface area contributed by atoms with Crippen molar-refractivity contribution >= 4 is 17.2 Å². The molecule has 1 aliphatic rings. The lowest BCUT2D eigenvalue weighted by Gasteiger charge is -2.21. The van der Waals surface area contributed by atoms with Crippen LogP contribution in [0.15, 0.2) is 29.6 Å². The van der Waals surface area contributed by atoms with Crippen molar-refractivity contribution in [2.45, 2.75) is 45.6 Å². The van der Waals surface area contributed by atoms with Gasteiger partial charge in [-0.2, -0.15) is 0 Å². The number of hydrogen-bond donors (Lipinski definition) is 1. The molecule has 1 fully saturated rings. The van der Waals surface area contributed by atoms with Crippen LogP contribution >= 0.6 is 11.3 Å². The van der Waals surface area contributed by atoms with Gasteiger partial charge in [-0.15, -0.1) is 11.3 Å². The largest absolute Gasteiger partial charge is 0.352 e. The fraction of sp³-hybridized carbons (Fsp3) is 0.444. The number of nitrogens with zero attached hydrogens (tertiary/aromatic N) is 1. The first-order valence-electron chi connectivity index (χ1n) is 8.02. The summed E-state index contributed by atoms with van der Waals surface area (Å²) in [5.41, 5.74) is 3.31. The average Bonchev–Trinajstić information content (AvgIpc) is 3.00. The molecule has 1 N–H and O–H groups in total. The summed E-state index contributed by atoms with van der Waals surface area (Å²) >= 11 is 1.66. The third-order valence-corrected chi connectivity index (χ3v) is 5.29. The van der Waals surface area contributed by atoms with E-state index in [9.17, 15) is 4.79 Å². The molecule has 1 aliphatic carbocycles. The van der Waals surface area contributed by atoms with E-state index in [1.54, 1.807) is 11.3 Å². The van der Waals surface area contributed by atoms with E-state index in [1.165, 1.54) is 19.3 Å². The van der Waals surface area contributed by atoms with Crippen LogP contribution in [0.5, 0.6) is 0 Å². The van der Waals surface area contributed by atoms with E-state index >= 15 is 0 Å². The van der Waals surface area contributed by atoms with E-state index in [0.29, 0.717) is 6.54 Å². The standard InChI is InChI=1S/C18H22N2OS/c1-13-12-22-18(20-13)16-10-6-5-9-15(16)11-19-17(21)14-7-3-2-4-8-14/h5-6,9-10,12,14H,2-4,7-8,11H2,1H3,(H,19,21). The zero-order chi connectivity index (χ0) is 15.4. The molecule has 0 unspecified atom stereocenters. The van der Waals surface area contributed by atoms with Crippen LogP contribution in [0.1, 0.15) is 43.4 Å². The van der Waals surface area contributed by atoms with Crippen LogP contribution in [0.4, 0.5) is 0 Å². The highest BCUT2D eigenvalue weighted by Crippen LogP contribution is 2.27. The number of aryl methyl sites for hydroxylation is 1. The molecular weight excluding hydrogens is 292 g/mol. The van der Waals surface area contributed by atoms with Crippen molar-refractivity contribution in [2.75, 3.05) is 0 Å². The number of rotatable bonds is 4. The van der Waals surface area contributed by atoms with Crippen molar-refractivity contribution < 1.29 is 4.79 Å². The van der Waals surface area contributed by atoms with Gasteiger partial charge in [0.05, 0.1) is 0 Å². The topological polar surface area (TPSA) is 42.0 Å². The maximum absolute atomic E-state index is 12.3. The molecule has 0 bridgehead atoms. The summed E-state index contributed by atoms with van der Waals surface area (Å²) in [5, 5.41) is 6.21. The van der Waals surface area contributed by atoms with Crippen LogP contribution in [0, 0.1) is 12.8 Å². The first-order valence-corrected chi connectivity index (χ1v) is 8.90. The number of carbonyl (C=O) groups excluding carboxylic acids is 1. The van der Waals surface area contributed by atoms with E-state index in [2.05, 4.69) is 27.8 Å². The van der Waals surface area contributed by atoms with Gasteiger partial charge in [0.25, 0.3) is 0 Å². The molecular formula is C18H22N2OS. The molecule has 3 nitrogen and oxygen atoms in total. The van der Waals surface area contributed by atoms with Crippen molar-refractivity contribution in [1.29, 1.82) is 0 Å². The quantitative estimate of drug-likeness (QED) is 0.913. The molecule has 1 heterocycles. The van der Waals surface area contributed by atoms with Crippen LogP contribution < -0.4 is 5.32 Å². The van der Waals surface area contributed by atoms with Gasteiger partial charge in [-0.3, -0.25) is 4.79 Å². The van der Waals surface area contributed by atoms with Crippen molar-refractivity contribution in [3.05, 3.63) is 40.9 Å². The van der Waals surface area contributed by atoms with E-state index in [1.807, 2.05) is 19.1 Å². The molecule has 1 amide bonds. The van der Waals surface area contributed by atoms with Gasteiger partial charge in [-0.1, -0.05) is 43.5 Å². The maximum Gasteiger partial charge on any atom is 0.223 e. The summed E-state index contributed by atoms with van der Waals surface area (Å²) in [7, 11) is 0. The fourth-order valence-electron chi connectivity index (χ4n) is 3.05. The van der Waals surface area contributed by atoms with Gasteiger partial charge in [0.1, 0.15) is 5.01 Å². The SMILES string of the molecule is Cc1csc(-c2ccccc2CNC(=O)C2CCCCC2)n1. The number of amides is 1. The number of benzene rings is 1. The van der Waals surface area contributed by atoms with Gasteiger partial charge in [-0.05, 0) is 25.3 Å². The molecule has 0 spiro atoms. The second kappa shape index (κ2) is 7.05. The first-order chi connectivity index (χ1) is 10.7. The number of carbonyl (C=O) groups is 1. The number of nitrogens with one attached hydrogen (secondary N) is 1. The second-order valence-corrected chi connectivity index (χ2v) is 6.86. The van der Waals surface area contributed by atoms with Crippen molar-refractivity contribution in [2.24, 2.45) is 5.92 Å². The lowest BCUT2D eigenvalue weighted by molar-refractivity contribution is -0.126. The summed E-state index contributed by atoms with van der Waals surface area (Å²) < 4.78 is 0. The lowest BCUT2D eigenvalue weighted by Crippen LogP contribution is -2.31. The van der Waals surface area contributed by atoms with Crippen LogP contribution in [-0.2, 0) is 11.3 Å². The molecule has 0 aliphatic heterocycles. The molecule has 0 saturated heterocycles. The molecule has 2 aromatic rings. The van der Waals surface area contributed by atoms with Gasteiger partial charge in [0, 0.05) is 29.1 Å². The zero-order valence-corrected chi connectivity index (χ0v) is 13.8. The molecule has 3 rings (SSSR count). The monoisotopic (exact) mass is 314 g/mol. The Balaban J connectivity index is 1.69. The highest BCUT2D eigenvalue weighted by atomic mass is 32.1. The zero-order valence-electron chi connectivity index (χ0n) is 13.0. The smallest absolute Gasteiger partial charge is 0.223 e. The number of thiazole rings is 1. The Morgan fingerprint density at radius 3 is 2.77 bits per heavy atom. The van der Waals surface area contributed by atoms with Crippen molar-refractivity contribution in [3.63, 3.8) is 0 Å². The van der Waals surface area contributed by atoms with E-state index in [-0.39, 0.29) is 11.8 Å². The summed E-state index contributed by atoms with van der Waals surface area (Å²) in [6.45, 7) is 2.59. The van der Waals surface area contributed by atoms with Gasteiger partial charge in [-0.25, -0.2) is 4.98 Å². The van der Waals surface area contributed by atoms with E-state index in [0.717, 1.165) is 34.7 Å². The second-order valence-electron chi connectivity index (χ2n) is 6.00. The fourth-order valence-corrected chi connectivity index (χ4v) is 3.91. The van der Waals surface area contributed by atoms with Gasteiger partial charge >= 0.3 is 0 Å². The molecule has 0 atom stereocenters. The van der Waals surface area contributed by atoms with Crippen LogP contribution in [0.25, 0.3) is 10.6 Å². The summed E-state index contributed by atoms with van der Waals surface area (Å²) in [6, 6.07) is 8.21. The highest BCUT2D eigenvalue weighted by molar-refractivity contribution is 7.13. The number of hydrogen-bond acceptors (Lipinski definition) is 3. The molecule has 116 valence electrons. The molecule has 4 heteroatoms. The van der Waals surface area contributed by atoms with Crippen LogP contribution in [-0.4, -0.2) is 10.9 Å². The first kappa shape index (κ1) is 15.2. The van der Waals surface area contributed by atoms with Gasteiger partial charge in [0.15, 0.2) is 0 Å². The Morgan fingerprint density at radius 1 is 1.27 bits per heavy atom. The van der Waals surface area contributed by atoms with Gasteiger partial charge < -0.3 is 5.32 Å². The Hall–Kier alpha value is -1.68. The Bertz CT molecular complexity index is 644. The van der Waals surface area contributed by atoms with E-state index < -0.39 is 0 Å². The predicted molar refractivity (Wildman–Crippen MR) is 90.7 cm³/mol. The molecule has 1 aromatic heterocycles. The van der Waals surface area contributed by atoms with Crippen LogP contribution in [0.2, 0.25) is 0 Å². The average molecular weight is 314 g/mol. The summed E-state index contributed by atoms with van der Waals surface area (Å²) in [5.74, 6) is 0.424. The minimum atomic E-state index is 0.211. The molecule has 1 saturated carbocycles. The Kier molecular flexibility index (Phi) is 4.88. The minimum absolute atomic E-state index is 0.211. The highest BCUT2D eigenvalue weighted by Gasteiger charge is 2.21. The molecule has 22 heavy (non-hydrogen) atoms. The minimum Gasteiger partial charge on any atom is -0.352 e. The summed E-state index contributed by atoms with van der Waals surface area (Å²) in [6.07, 6.45) is 5.73. The van der Waals surface area contributed by atoms with Crippen LogP contribution in [0.3, 0.4) is 0 Å². The van der Waals surface area contributed by atoms with E-state index in [4.69, 9.17) is 0 Å². The summed E-state index contributed by atoms with van der Waals surface area (Å²) in [4.78, 5) is 16.9. The Labute approximate surface area is 135 Å². The van der Waals surface area contributed by atoms with Crippen molar-refractivity contribution in [3.8, 4) is 10.6 Å². The number of aromatic nitrogens is 1.